The second-order valence-electron chi connectivity index (χ2n) is 8.18. The molecule has 0 N–H and O–H groups in total. The maximum absolute atomic E-state index is 13.6. The lowest BCUT2D eigenvalue weighted by Crippen LogP contribution is -2.39. The van der Waals surface area contributed by atoms with Crippen molar-refractivity contribution in [1.82, 2.24) is 4.57 Å². The number of esters is 1. The molecule has 4 rings (SSSR count). The smallest absolute Gasteiger partial charge is 0.338 e. The SMILES string of the molecule is CCOC(=O)C1=C(C)N=c2s/c(=C\c3ccc(C(C)C)cc3)c(=O)n2[C@H]1c1ccc(Br)cc1. The van der Waals surface area contributed by atoms with Crippen LogP contribution in [0.2, 0.25) is 0 Å². The number of carbonyl (C=O) groups excluding carboxylic acids is 1. The van der Waals surface area contributed by atoms with Crippen molar-refractivity contribution in [3.05, 3.63) is 101 Å². The van der Waals surface area contributed by atoms with E-state index in [1.165, 1.54) is 16.9 Å². The molecule has 0 saturated heterocycles. The average molecular weight is 525 g/mol. The summed E-state index contributed by atoms with van der Waals surface area (Å²) in [5.41, 5.74) is 3.80. The van der Waals surface area contributed by atoms with Crippen LogP contribution in [0.15, 0.2) is 74.1 Å². The van der Waals surface area contributed by atoms with Gasteiger partial charge in [0.25, 0.3) is 5.56 Å². The van der Waals surface area contributed by atoms with Gasteiger partial charge in [0, 0.05) is 4.47 Å². The molecule has 0 spiro atoms. The van der Waals surface area contributed by atoms with Gasteiger partial charge >= 0.3 is 5.97 Å². The molecule has 0 fully saturated rings. The topological polar surface area (TPSA) is 60.7 Å². The van der Waals surface area contributed by atoms with E-state index in [1.807, 2.05) is 42.5 Å². The number of allylic oxidation sites excluding steroid dienone is 1. The van der Waals surface area contributed by atoms with Gasteiger partial charge in [-0.15, -0.1) is 0 Å². The van der Waals surface area contributed by atoms with Crippen LogP contribution in [0.25, 0.3) is 6.08 Å². The molecule has 0 unspecified atom stereocenters. The second kappa shape index (κ2) is 9.61. The summed E-state index contributed by atoms with van der Waals surface area (Å²) in [5, 5.41) is 0. The van der Waals surface area contributed by atoms with Crippen LogP contribution in [0.1, 0.15) is 56.3 Å². The van der Waals surface area contributed by atoms with Crippen LogP contribution in [0, 0.1) is 0 Å². The van der Waals surface area contributed by atoms with E-state index in [0.29, 0.717) is 26.5 Å². The van der Waals surface area contributed by atoms with Crippen molar-refractivity contribution in [2.45, 2.75) is 39.7 Å². The van der Waals surface area contributed by atoms with Gasteiger partial charge in [-0.2, -0.15) is 0 Å². The molecule has 1 aliphatic rings. The van der Waals surface area contributed by atoms with Gasteiger partial charge in [-0.3, -0.25) is 9.36 Å². The normalized spacial score (nSPS) is 16.1. The third-order valence-electron chi connectivity index (χ3n) is 5.60. The number of halogens is 1. The van der Waals surface area contributed by atoms with Crippen molar-refractivity contribution in [2.75, 3.05) is 6.61 Å². The molecule has 0 amide bonds. The van der Waals surface area contributed by atoms with Gasteiger partial charge in [0.05, 0.1) is 28.5 Å². The molecule has 1 aliphatic heterocycles. The van der Waals surface area contributed by atoms with Crippen molar-refractivity contribution in [3.63, 3.8) is 0 Å². The van der Waals surface area contributed by atoms with E-state index in [-0.39, 0.29) is 12.2 Å². The van der Waals surface area contributed by atoms with Crippen molar-refractivity contribution in [2.24, 2.45) is 4.99 Å². The molecule has 0 saturated carbocycles. The van der Waals surface area contributed by atoms with Crippen molar-refractivity contribution < 1.29 is 9.53 Å². The summed E-state index contributed by atoms with van der Waals surface area (Å²) in [4.78, 5) is 31.7. The van der Waals surface area contributed by atoms with Gasteiger partial charge in [0.15, 0.2) is 4.80 Å². The first-order chi connectivity index (χ1) is 15.8. The minimum Gasteiger partial charge on any atom is -0.463 e. The molecule has 0 bridgehead atoms. The fourth-order valence-electron chi connectivity index (χ4n) is 3.88. The minimum absolute atomic E-state index is 0.172. The van der Waals surface area contributed by atoms with Crippen LogP contribution >= 0.6 is 27.3 Å². The Kier molecular flexibility index (Phi) is 6.81. The molecule has 33 heavy (non-hydrogen) atoms. The average Bonchev–Trinajstić information content (AvgIpc) is 3.08. The predicted octanol–water partition coefficient (Wildman–Crippen LogP) is 4.68. The van der Waals surface area contributed by atoms with Crippen LogP contribution in [0.3, 0.4) is 0 Å². The first kappa shape index (κ1) is 23.4. The highest BCUT2D eigenvalue weighted by Gasteiger charge is 2.33. The van der Waals surface area contributed by atoms with Crippen molar-refractivity contribution in [3.8, 4) is 0 Å². The standard InChI is InChI=1S/C26H25BrN2O3S/c1-5-32-25(31)22-16(4)28-26-29(23(22)19-10-12-20(27)13-11-19)24(30)21(33-26)14-17-6-8-18(9-7-17)15(2)3/h6-15,23H,5H2,1-4H3/b21-14-/t23-/m0/s1. The van der Waals surface area contributed by atoms with Crippen LogP contribution in [-0.2, 0) is 9.53 Å². The van der Waals surface area contributed by atoms with E-state index in [0.717, 1.165) is 15.6 Å². The Labute approximate surface area is 204 Å². The highest BCUT2D eigenvalue weighted by Crippen LogP contribution is 2.31. The number of rotatable bonds is 5. The molecule has 1 atom stereocenters. The highest BCUT2D eigenvalue weighted by molar-refractivity contribution is 9.10. The minimum atomic E-state index is -0.598. The Balaban J connectivity index is 1.90. The van der Waals surface area contributed by atoms with Crippen LogP contribution in [-0.4, -0.2) is 17.1 Å². The summed E-state index contributed by atoms with van der Waals surface area (Å²) < 4.78 is 8.44. The largest absolute Gasteiger partial charge is 0.463 e. The molecule has 0 aliphatic carbocycles. The van der Waals surface area contributed by atoms with Crippen molar-refractivity contribution >= 4 is 39.3 Å². The maximum Gasteiger partial charge on any atom is 0.338 e. The van der Waals surface area contributed by atoms with Crippen LogP contribution < -0.4 is 14.9 Å². The van der Waals surface area contributed by atoms with E-state index < -0.39 is 12.0 Å². The molecule has 7 heteroatoms. The third kappa shape index (κ3) is 4.66. The zero-order valence-electron chi connectivity index (χ0n) is 19.0. The lowest BCUT2D eigenvalue weighted by molar-refractivity contribution is -0.139. The predicted molar refractivity (Wildman–Crippen MR) is 135 cm³/mol. The third-order valence-corrected chi connectivity index (χ3v) is 7.12. The Morgan fingerprint density at radius 2 is 1.85 bits per heavy atom. The lowest BCUT2D eigenvalue weighted by Gasteiger charge is -2.24. The first-order valence-electron chi connectivity index (χ1n) is 10.8. The van der Waals surface area contributed by atoms with Gasteiger partial charge in [0.2, 0.25) is 0 Å². The van der Waals surface area contributed by atoms with E-state index in [1.54, 1.807) is 18.4 Å². The Hall–Kier alpha value is -2.77. The summed E-state index contributed by atoms with van der Waals surface area (Å²) in [6.45, 7) is 8.11. The zero-order valence-corrected chi connectivity index (χ0v) is 21.4. The van der Waals surface area contributed by atoms with Crippen molar-refractivity contribution in [1.29, 1.82) is 0 Å². The molecular formula is C26H25BrN2O3S. The highest BCUT2D eigenvalue weighted by atomic mass is 79.9. The number of ether oxygens (including phenoxy) is 1. The fourth-order valence-corrected chi connectivity index (χ4v) is 5.19. The Bertz CT molecular complexity index is 1400. The zero-order chi connectivity index (χ0) is 23.7. The summed E-state index contributed by atoms with van der Waals surface area (Å²) in [6, 6.07) is 15.2. The van der Waals surface area contributed by atoms with E-state index in [4.69, 9.17) is 4.74 Å². The van der Waals surface area contributed by atoms with E-state index >= 15 is 0 Å². The van der Waals surface area contributed by atoms with Gasteiger partial charge in [-0.25, -0.2) is 9.79 Å². The summed E-state index contributed by atoms with van der Waals surface area (Å²) in [6.07, 6.45) is 1.88. The van der Waals surface area contributed by atoms with E-state index in [9.17, 15) is 9.59 Å². The quantitative estimate of drug-likeness (QED) is 0.455. The summed E-state index contributed by atoms with van der Waals surface area (Å²) in [5.74, 6) is -0.00948. The van der Waals surface area contributed by atoms with Gasteiger partial charge in [0.1, 0.15) is 0 Å². The maximum atomic E-state index is 13.6. The number of aromatic nitrogens is 1. The molecule has 0 radical (unpaired) electrons. The van der Waals surface area contributed by atoms with Gasteiger partial charge in [-0.1, -0.05) is 77.5 Å². The van der Waals surface area contributed by atoms with E-state index in [2.05, 4.69) is 46.9 Å². The number of fused-ring (bicyclic) bond motifs is 1. The summed E-state index contributed by atoms with van der Waals surface area (Å²) >= 11 is 4.79. The number of hydrogen-bond donors (Lipinski definition) is 0. The molecule has 3 aromatic rings. The Morgan fingerprint density at radius 3 is 2.45 bits per heavy atom. The fraction of sp³-hybridized carbons (Fsp3) is 0.269. The molecule has 1 aromatic heterocycles. The van der Waals surface area contributed by atoms with Crippen LogP contribution in [0.5, 0.6) is 0 Å². The summed E-state index contributed by atoms with van der Waals surface area (Å²) in [7, 11) is 0. The molecule has 2 aromatic carbocycles. The number of hydrogen-bond acceptors (Lipinski definition) is 5. The Morgan fingerprint density at radius 1 is 1.18 bits per heavy atom. The molecule has 2 heterocycles. The molecular weight excluding hydrogens is 500 g/mol. The number of benzene rings is 2. The van der Waals surface area contributed by atoms with Gasteiger partial charge < -0.3 is 4.74 Å². The molecule has 5 nitrogen and oxygen atoms in total. The number of nitrogens with zero attached hydrogens (tertiary/aromatic N) is 2. The number of thiazole rings is 1. The monoisotopic (exact) mass is 524 g/mol. The van der Waals surface area contributed by atoms with Gasteiger partial charge in [-0.05, 0) is 54.7 Å². The number of carbonyl (C=O) groups is 1. The van der Waals surface area contributed by atoms with Crippen LogP contribution in [0.4, 0.5) is 0 Å². The first-order valence-corrected chi connectivity index (χ1v) is 12.5. The lowest BCUT2D eigenvalue weighted by atomic mass is 9.96. The second-order valence-corrected chi connectivity index (χ2v) is 10.1. The molecule has 170 valence electrons.